The SMILES string of the molecule is CCNC(Cc1c(Br)c(C)nn1CC)C(C)OCC. The van der Waals surface area contributed by atoms with E-state index in [1.165, 1.54) is 5.69 Å². The molecule has 110 valence electrons. The number of rotatable bonds is 8. The predicted octanol–water partition coefficient (Wildman–Crippen LogP) is 2.92. The third-order valence-electron chi connectivity index (χ3n) is 3.33. The molecule has 0 aromatic carbocycles. The Labute approximate surface area is 125 Å². The highest BCUT2D eigenvalue weighted by atomic mass is 79.9. The molecule has 0 spiro atoms. The first-order valence-corrected chi connectivity index (χ1v) is 7.91. The molecule has 0 aliphatic carbocycles. The van der Waals surface area contributed by atoms with Gasteiger partial charge in [-0.2, -0.15) is 5.10 Å². The molecule has 4 nitrogen and oxygen atoms in total. The number of nitrogens with one attached hydrogen (secondary N) is 1. The van der Waals surface area contributed by atoms with Crippen LogP contribution in [0, 0.1) is 6.92 Å². The highest BCUT2D eigenvalue weighted by Gasteiger charge is 2.21. The van der Waals surface area contributed by atoms with Crippen molar-refractivity contribution in [1.29, 1.82) is 0 Å². The number of aromatic nitrogens is 2. The van der Waals surface area contributed by atoms with E-state index in [-0.39, 0.29) is 6.10 Å². The fourth-order valence-electron chi connectivity index (χ4n) is 2.32. The first kappa shape index (κ1) is 16.7. The van der Waals surface area contributed by atoms with Crippen molar-refractivity contribution in [2.75, 3.05) is 13.2 Å². The molecule has 0 amide bonds. The summed E-state index contributed by atoms with van der Waals surface area (Å²) < 4.78 is 8.94. The molecule has 0 radical (unpaired) electrons. The van der Waals surface area contributed by atoms with Gasteiger partial charge < -0.3 is 10.1 Å². The summed E-state index contributed by atoms with van der Waals surface area (Å²) in [5, 5.41) is 8.06. The van der Waals surface area contributed by atoms with E-state index in [0.29, 0.717) is 6.04 Å². The Bertz CT molecular complexity index is 392. The molecule has 0 saturated carbocycles. The number of ether oxygens (including phenoxy) is 1. The maximum Gasteiger partial charge on any atom is 0.0738 e. The molecular formula is C14H26BrN3O. The van der Waals surface area contributed by atoms with E-state index in [2.05, 4.69) is 51.8 Å². The molecule has 2 atom stereocenters. The lowest BCUT2D eigenvalue weighted by Crippen LogP contribution is -2.42. The Balaban J connectivity index is 2.89. The zero-order valence-corrected chi connectivity index (χ0v) is 14.2. The number of likely N-dealkylation sites (N-methyl/N-ethyl adjacent to an activating group) is 1. The maximum atomic E-state index is 5.74. The highest BCUT2D eigenvalue weighted by Crippen LogP contribution is 2.23. The van der Waals surface area contributed by atoms with E-state index in [4.69, 9.17) is 4.74 Å². The van der Waals surface area contributed by atoms with Crippen molar-refractivity contribution in [2.45, 2.75) is 59.7 Å². The quantitative estimate of drug-likeness (QED) is 0.796. The molecule has 19 heavy (non-hydrogen) atoms. The lowest BCUT2D eigenvalue weighted by molar-refractivity contribution is 0.0475. The minimum atomic E-state index is 0.192. The van der Waals surface area contributed by atoms with Gasteiger partial charge in [0.2, 0.25) is 0 Å². The zero-order valence-electron chi connectivity index (χ0n) is 12.7. The van der Waals surface area contributed by atoms with E-state index in [1.807, 2.05) is 13.8 Å². The fourth-order valence-corrected chi connectivity index (χ4v) is 2.76. The van der Waals surface area contributed by atoms with Crippen LogP contribution < -0.4 is 5.32 Å². The van der Waals surface area contributed by atoms with E-state index in [1.54, 1.807) is 0 Å². The van der Waals surface area contributed by atoms with Crippen molar-refractivity contribution in [3.63, 3.8) is 0 Å². The monoisotopic (exact) mass is 331 g/mol. The van der Waals surface area contributed by atoms with E-state index < -0.39 is 0 Å². The number of hydrogen-bond acceptors (Lipinski definition) is 3. The smallest absolute Gasteiger partial charge is 0.0738 e. The maximum absolute atomic E-state index is 5.74. The van der Waals surface area contributed by atoms with Crippen molar-refractivity contribution in [3.05, 3.63) is 15.9 Å². The Morgan fingerprint density at radius 3 is 2.58 bits per heavy atom. The van der Waals surface area contributed by atoms with E-state index in [9.17, 15) is 0 Å². The summed E-state index contributed by atoms with van der Waals surface area (Å²) in [4.78, 5) is 0. The summed E-state index contributed by atoms with van der Waals surface area (Å²) in [6, 6.07) is 0.308. The van der Waals surface area contributed by atoms with Gasteiger partial charge in [-0.1, -0.05) is 6.92 Å². The molecule has 0 saturated heterocycles. The third kappa shape index (κ3) is 4.29. The van der Waals surface area contributed by atoms with Crippen LogP contribution >= 0.6 is 15.9 Å². The van der Waals surface area contributed by atoms with Crippen LogP contribution in [0.15, 0.2) is 4.47 Å². The molecule has 1 aromatic rings. The summed E-state index contributed by atoms with van der Waals surface area (Å²) in [5.41, 5.74) is 2.30. The number of hydrogen-bond donors (Lipinski definition) is 1. The molecule has 0 aliphatic rings. The van der Waals surface area contributed by atoms with Gasteiger partial charge in [0.1, 0.15) is 0 Å². The summed E-state index contributed by atoms with van der Waals surface area (Å²) in [6.45, 7) is 13.0. The van der Waals surface area contributed by atoms with Gasteiger partial charge in [-0.25, -0.2) is 0 Å². The number of aryl methyl sites for hydroxylation is 2. The van der Waals surface area contributed by atoms with Crippen molar-refractivity contribution >= 4 is 15.9 Å². The standard InChI is InChI=1S/C14H26BrN3O/c1-6-16-12(11(5)19-8-3)9-13-14(15)10(4)17-18(13)7-2/h11-12,16H,6-9H2,1-5H3. The van der Waals surface area contributed by atoms with E-state index in [0.717, 1.165) is 36.3 Å². The zero-order chi connectivity index (χ0) is 14.4. The van der Waals surface area contributed by atoms with Gasteiger partial charge in [-0.3, -0.25) is 4.68 Å². The van der Waals surface area contributed by atoms with Crippen molar-refractivity contribution in [3.8, 4) is 0 Å². The van der Waals surface area contributed by atoms with Crippen LogP contribution in [0.1, 0.15) is 39.1 Å². The van der Waals surface area contributed by atoms with Crippen LogP contribution in [0.25, 0.3) is 0 Å². The van der Waals surface area contributed by atoms with Crippen LogP contribution in [-0.2, 0) is 17.7 Å². The van der Waals surface area contributed by atoms with Gasteiger partial charge >= 0.3 is 0 Å². The molecule has 1 N–H and O–H groups in total. The van der Waals surface area contributed by atoms with Gasteiger partial charge in [0, 0.05) is 25.6 Å². The Morgan fingerprint density at radius 2 is 2.05 bits per heavy atom. The van der Waals surface area contributed by atoms with Crippen molar-refractivity contribution < 1.29 is 4.74 Å². The largest absolute Gasteiger partial charge is 0.377 e. The van der Waals surface area contributed by atoms with Crippen molar-refractivity contribution in [1.82, 2.24) is 15.1 Å². The molecule has 1 heterocycles. The average Bonchev–Trinajstić information content (AvgIpc) is 2.66. The molecule has 1 aromatic heterocycles. The van der Waals surface area contributed by atoms with Crippen LogP contribution in [0.3, 0.4) is 0 Å². The first-order chi connectivity index (χ1) is 9.04. The molecule has 5 heteroatoms. The second-order valence-electron chi connectivity index (χ2n) is 4.69. The summed E-state index contributed by atoms with van der Waals surface area (Å²) in [5.74, 6) is 0. The Hall–Kier alpha value is -0.390. The summed E-state index contributed by atoms with van der Waals surface area (Å²) in [7, 11) is 0. The second-order valence-corrected chi connectivity index (χ2v) is 5.48. The van der Waals surface area contributed by atoms with Crippen LogP contribution in [0.4, 0.5) is 0 Å². The van der Waals surface area contributed by atoms with Crippen LogP contribution in [0.2, 0.25) is 0 Å². The third-order valence-corrected chi connectivity index (χ3v) is 4.36. The second kappa shape index (κ2) is 8.02. The summed E-state index contributed by atoms with van der Waals surface area (Å²) in [6.07, 6.45) is 1.11. The van der Waals surface area contributed by atoms with Crippen molar-refractivity contribution in [2.24, 2.45) is 0 Å². The fraction of sp³-hybridized carbons (Fsp3) is 0.786. The lowest BCUT2D eigenvalue weighted by atomic mass is 10.1. The molecule has 0 bridgehead atoms. The number of halogens is 1. The highest BCUT2D eigenvalue weighted by molar-refractivity contribution is 9.10. The molecule has 2 unspecified atom stereocenters. The topological polar surface area (TPSA) is 39.1 Å². The van der Waals surface area contributed by atoms with Gasteiger partial charge in [-0.05, 0) is 50.2 Å². The molecule has 0 fully saturated rings. The molecule has 0 aliphatic heterocycles. The first-order valence-electron chi connectivity index (χ1n) is 7.11. The van der Waals surface area contributed by atoms with Gasteiger partial charge in [0.25, 0.3) is 0 Å². The average molecular weight is 332 g/mol. The van der Waals surface area contributed by atoms with Crippen LogP contribution in [-0.4, -0.2) is 35.1 Å². The van der Waals surface area contributed by atoms with Gasteiger partial charge in [0.15, 0.2) is 0 Å². The van der Waals surface area contributed by atoms with Gasteiger partial charge in [0.05, 0.1) is 22.0 Å². The predicted molar refractivity (Wildman–Crippen MR) is 82.6 cm³/mol. The minimum absolute atomic E-state index is 0.192. The lowest BCUT2D eigenvalue weighted by Gasteiger charge is -2.25. The van der Waals surface area contributed by atoms with Gasteiger partial charge in [-0.15, -0.1) is 0 Å². The van der Waals surface area contributed by atoms with Crippen LogP contribution in [0.5, 0.6) is 0 Å². The molecule has 1 rings (SSSR count). The summed E-state index contributed by atoms with van der Waals surface area (Å²) >= 11 is 3.66. The Kier molecular flexibility index (Phi) is 7.04. The van der Waals surface area contributed by atoms with E-state index >= 15 is 0 Å². The minimum Gasteiger partial charge on any atom is -0.377 e. The number of nitrogens with zero attached hydrogens (tertiary/aromatic N) is 2. The molecular weight excluding hydrogens is 306 g/mol. The Morgan fingerprint density at radius 1 is 1.37 bits per heavy atom. The normalized spacial score (nSPS) is 14.6.